The van der Waals surface area contributed by atoms with Crippen LogP contribution in [0.15, 0.2) is 0 Å². The van der Waals surface area contributed by atoms with Gasteiger partial charge in [-0.3, -0.25) is 0 Å². The Morgan fingerprint density at radius 3 is 2.58 bits per heavy atom. The Morgan fingerprint density at radius 2 is 1.95 bits per heavy atom. The molecule has 0 saturated heterocycles. The van der Waals surface area contributed by atoms with E-state index in [1.165, 1.54) is 32.1 Å². The second kappa shape index (κ2) is 4.99. The molecule has 1 heterocycles. The number of hydrogen-bond donors (Lipinski definition) is 2. The van der Waals surface area contributed by atoms with E-state index in [1.54, 1.807) is 0 Å². The van der Waals surface area contributed by atoms with E-state index < -0.39 is 0 Å². The first-order chi connectivity index (χ1) is 9.22. The summed E-state index contributed by atoms with van der Waals surface area (Å²) in [6.45, 7) is 4.36. The van der Waals surface area contributed by atoms with E-state index in [0.29, 0.717) is 12.0 Å². The molecular weight excluding hydrogens is 236 g/mol. The highest BCUT2D eigenvalue weighted by Gasteiger charge is 2.37. The highest BCUT2D eigenvalue weighted by atomic mass is 15.1. The third-order valence-electron chi connectivity index (χ3n) is 4.25. The molecule has 2 aliphatic carbocycles. The Bertz CT molecular complexity index is 467. The molecular formula is C15H24N4. The van der Waals surface area contributed by atoms with Crippen LogP contribution in [0.25, 0.3) is 0 Å². The monoisotopic (exact) mass is 260 g/mol. The minimum absolute atomic E-state index is 0.596. The lowest BCUT2D eigenvalue weighted by atomic mass is 10.2. The lowest BCUT2D eigenvalue weighted by Gasteiger charge is -2.13. The van der Waals surface area contributed by atoms with E-state index in [2.05, 4.69) is 29.5 Å². The van der Waals surface area contributed by atoms with Crippen LogP contribution in [0.4, 0.5) is 11.6 Å². The highest BCUT2D eigenvalue weighted by molar-refractivity contribution is 5.58. The molecule has 0 spiro atoms. The molecule has 2 unspecified atom stereocenters. The van der Waals surface area contributed by atoms with Gasteiger partial charge in [-0.2, -0.15) is 0 Å². The van der Waals surface area contributed by atoms with Crippen molar-refractivity contribution < 1.29 is 0 Å². The highest BCUT2D eigenvalue weighted by Crippen LogP contribution is 2.41. The number of hydrogen-bond acceptors (Lipinski definition) is 4. The summed E-state index contributed by atoms with van der Waals surface area (Å²) in [7, 11) is 1.94. The van der Waals surface area contributed by atoms with Gasteiger partial charge in [-0.1, -0.05) is 13.3 Å². The predicted molar refractivity (Wildman–Crippen MR) is 78.7 cm³/mol. The molecule has 0 radical (unpaired) electrons. The summed E-state index contributed by atoms with van der Waals surface area (Å²) >= 11 is 0. The van der Waals surface area contributed by atoms with E-state index >= 15 is 0 Å². The lowest BCUT2D eigenvalue weighted by Crippen LogP contribution is -2.12. The molecule has 2 saturated carbocycles. The molecule has 104 valence electrons. The number of nitrogens with zero attached hydrogens (tertiary/aromatic N) is 2. The largest absolute Gasteiger partial charge is 0.373 e. The molecule has 1 aromatic rings. The van der Waals surface area contributed by atoms with Crippen molar-refractivity contribution in [1.29, 1.82) is 0 Å². The summed E-state index contributed by atoms with van der Waals surface area (Å²) in [4.78, 5) is 9.39. The van der Waals surface area contributed by atoms with Gasteiger partial charge in [0.1, 0.15) is 17.5 Å². The predicted octanol–water partition coefficient (Wildman–Crippen LogP) is 3.30. The molecule has 19 heavy (non-hydrogen) atoms. The molecule has 2 aliphatic rings. The Labute approximate surface area is 115 Å². The summed E-state index contributed by atoms with van der Waals surface area (Å²) in [5.74, 6) is 4.49. The van der Waals surface area contributed by atoms with Crippen molar-refractivity contribution in [3.8, 4) is 0 Å². The molecule has 0 aromatic carbocycles. The van der Waals surface area contributed by atoms with Crippen LogP contribution in [0.3, 0.4) is 0 Å². The normalized spacial score (nSPS) is 25.2. The Kier molecular flexibility index (Phi) is 3.33. The Balaban J connectivity index is 1.77. The summed E-state index contributed by atoms with van der Waals surface area (Å²) in [5, 5.41) is 6.82. The standard InChI is InChI=1S/C15H24N4/c1-4-5-11-8-12(11)17-14-9(2)13(16-3)18-15(19-14)10-6-7-10/h10-12H,4-8H2,1-3H3,(H2,16,17,18,19). The lowest BCUT2D eigenvalue weighted by molar-refractivity contribution is 0.691. The van der Waals surface area contributed by atoms with Crippen LogP contribution in [0, 0.1) is 12.8 Å². The average molecular weight is 260 g/mol. The van der Waals surface area contributed by atoms with Crippen molar-refractivity contribution in [3.63, 3.8) is 0 Å². The van der Waals surface area contributed by atoms with Gasteiger partial charge in [-0.25, -0.2) is 9.97 Å². The molecule has 1 aromatic heterocycles. The number of rotatable bonds is 6. The first-order valence-electron chi connectivity index (χ1n) is 7.55. The maximum absolute atomic E-state index is 4.76. The van der Waals surface area contributed by atoms with Crippen LogP contribution in [-0.4, -0.2) is 23.1 Å². The molecule has 4 nitrogen and oxygen atoms in total. The second-order valence-corrected chi connectivity index (χ2v) is 5.96. The molecule has 2 fully saturated rings. The van der Waals surface area contributed by atoms with E-state index in [0.717, 1.165) is 28.9 Å². The smallest absolute Gasteiger partial charge is 0.136 e. The molecule has 4 heteroatoms. The van der Waals surface area contributed by atoms with Gasteiger partial charge < -0.3 is 10.6 Å². The number of aromatic nitrogens is 2. The summed E-state index contributed by atoms with van der Waals surface area (Å²) < 4.78 is 0. The summed E-state index contributed by atoms with van der Waals surface area (Å²) in [5.41, 5.74) is 1.15. The SMILES string of the molecule is CCCC1CC1Nc1nc(C2CC2)nc(NC)c1C. The van der Waals surface area contributed by atoms with Crippen molar-refractivity contribution in [2.45, 2.75) is 57.9 Å². The molecule has 0 aliphatic heterocycles. The zero-order valence-corrected chi connectivity index (χ0v) is 12.2. The van der Waals surface area contributed by atoms with Crippen LogP contribution < -0.4 is 10.6 Å². The fourth-order valence-corrected chi connectivity index (χ4v) is 2.73. The van der Waals surface area contributed by atoms with Crippen LogP contribution in [-0.2, 0) is 0 Å². The third-order valence-corrected chi connectivity index (χ3v) is 4.25. The van der Waals surface area contributed by atoms with Crippen LogP contribution >= 0.6 is 0 Å². The van der Waals surface area contributed by atoms with Crippen LogP contribution in [0.2, 0.25) is 0 Å². The van der Waals surface area contributed by atoms with Gasteiger partial charge in [0.2, 0.25) is 0 Å². The van der Waals surface area contributed by atoms with Gasteiger partial charge in [-0.15, -0.1) is 0 Å². The minimum Gasteiger partial charge on any atom is -0.373 e. The molecule has 2 atom stereocenters. The molecule has 3 rings (SSSR count). The fraction of sp³-hybridized carbons (Fsp3) is 0.733. The van der Waals surface area contributed by atoms with Gasteiger partial charge in [0.25, 0.3) is 0 Å². The Morgan fingerprint density at radius 1 is 1.21 bits per heavy atom. The first kappa shape index (κ1) is 12.7. The third kappa shape index (κ3) is 2.67. The maximum Gasteiger partial charge on any atom is 0.136 e. The second-order valence-electron chi connectivity index (χ2n) is 5.96. The van der Waals surface area contributed by atoms with Crippen LogP contribution in [0.1, 0.15) is 56.3 Å². The van der Waals surface area contributed by atoms with Crippen molar-refractivity contribution in [2.75, 3.05) is 17.7 Å². The van der Waals surface area contributed by atoms with Gasteiger partial charge in [0, 0.05) is 24.6 Å². The fourth-order valence-electron chi connectivity index (χ4n) is 2.73. The van der Waals surface area contributed by atoms with Gasteiger partial charge in [0.15, 0.2) is 0 Å². The van der Waals surface area contributed by atoms with Gasteiger partial charge in [-0.05, 0) is 38.5 Å². The first-order valence-corrected chi connectivity index (χ1v) is 7.55. The van der Waals surface area contributed by atoms with E-state index in [9.17, 15) is 0 Å². The minimum atomic E-state index is 0.596. The Hall–Kier alpha value is -1.32. The summed E-state index contributed by atoms with van der Waals surface area (Å²) in [6, 6.07) is 0.630. The van der Waals surface area contributed by atoms with E-state index in [-0.39, 0.29) is 0 Å². The summed E-state index contributed by atoms with van der Waals surface area (Å²) in [6.07, 6.45) is 6.39. The number of nitrogens with one attached hydrogen (secondary N) is 2. The van der Waals surface area contributed by atoms with Crippen molar-refractivity contribution in [2.24, 2.45) is 5.92 Å². The van der Waals surface area contributed by atoms with Gasteiger partial charge >= 0.3 is 0 Å². The molecule has 0 bridgehead atoms. The van der Waals surface area contributed by atoms with Crippen molar-refractivity contribution in [3.05, 3.63) is 11.4 Å². The van der Waals surface area contributed by atoms with Crippen molar-refractivity contribution >= 4 is 11.6 Å². The average Bonchev–Trinajstić information content (AvgIpc) is 3.28. The quantitative estimate of drug-likeness (QED) is 0.824. The van der Waals surface area contributed by atoms with E-state index in [1.807, 2.05) is 7.05 Å². The number of anilines is 2. The van der Waals surface area contributed by atoms with Crippen LogP contribution in [0.5, 0.6) is 0 Å². The van der Waals surface area contributed by atoms with Gasteiger partial charge in [0.05, 0.1) is 0 Å². The zero-order chi connectivity index (χ0) is 13.4. The molecule has 2 N–H and O–H groups in total. The maximum atomic E-state index is 4.76. The van der Waals surface area contributed by atoms with E-state index in [4.69, 9.17) is 4.98 Å². The molecule has 0 amide bonds. The van der Waals surface area contributed by atoms with Crippen molar-refractivity contribution in [1.82, 2.24) is 9.97 Å². The zero-order valence-electron chi connectivity index (χ0n) is 12.2. The topological polar surface area (TPSA) is 49.8 Å².